The summed E-state index contributed by atoms with van der Waals surface area (Å²) in [4.78, 5) is 41.9. The molecular weight excluding hydrogens is 476 g/mol. The average molecular weight is 505 g/mol. The van der Waals surface area contributed by atoms with E-state index in [1.54, 1.807) is 31.1 Å². The van der Waals surface area contributed by atoms with Gasteiger partial charge in [0.05, 0.1) is 11.6 Å². The number of primary amides is 1. The Kier molecular flexibility index (Phi) is 5.92. The van der Waals surface area contributed by atoms with Crippen LogP contribution in [0.25, 0.3) is 5.76 Å². The molecule has 0 spiro atoms. The van der Waals surface area contributed by atoms with E-state index in [1.807, 2.05) is 30.3 Å². The van der Waals surface area contributed by atoms with Gasteiger partial charge in [0.15, 0.2) is 5.60 Å². The molecule has 9 heteroatoms. The van der Waals surface area contributed by atoms with E-state index in [2.05, 4.69) is 0 Å². The Morgan fingerprint density at radius 1 is 1.08 bits per heavy atom. The number of carbonyl (C=O) groups is 3. The van der Waals surface area contributed by atoms with Crippen molar-refractivity contribution in [1.29, 1.82) is 0 Å². The summed E-state index contributed by atoms with van der Waals surface area (Å²) in [6.45, 7) is 0.0473. The second kappa shape index (κ2) is 8.86. The van der Waals surface area contributed by atoms with Crippen molar-refractivity contribution in [3.63, 3.8) is 0 Å². The number of amides is 1. The number of likely N-dealkylation sites (N-methyl/N-ethyl adjacent to an activating group) is 1. The van der Waals surface area contributed by atoms with E-state index >= 15 is 0 Å². The first kappa shape index (κ1) is 24.7. The number of rotatable bonds is 5. The van der Waals surface area contributed by atoms with Crippen LogP contribution in [-0.2, 0) is 32.1 Å². The van der Waals surface area contributed by atoms with Gasteiger partial charge < -0.3 is 25.8 Å². The van der Waals surface area contributed by atoms with Crippen molar-refractivity contribution >= 4 is 23.2 Å². The fourth-order valence-corrected chi connectivity index (χ4v) is 6.05. The number of aliphatic hydroxyl groups is 2. The topological polar surface area (TPSA) is 150 Å². The van der Waals surface area contributed by atoms with Crippen LogP contribution in [-0.4, -0.2) is 63.4 Å². The molecule has 0 heterocycles. The van der Waals surface area contributed by atoms with E-state index < -0.39 is 52.3 Å². The first-order valence-electron chi connectivity index (χ1n) is 12.0. The molecule has 1 unspecified atom stereocenters. The summed E-state index contributed by atoms with van der Waals surface area (Å²) in [5, 5.41) is 33.2. The van der Waals surface area contributed by atoms with Crippen molar-refractivity contribution < 1.29 is 34.4 Å². The van der Waals surface area contributed by atoms with Crippen LogP contribution in [0.5, 0.6) is 5.75 Å². The van der Waals surface area contributed by atoms with Crippen LogP contribution >= 0.6 is 0 Å². The Hall–Kier alpha value is -3.95. The number of phenolic OH excluding ortho intramolecular Hbond substituents is 1. The van der Waals surface area contributed by atoms with E-state index in [1.165, 1.54) is 6.07 Å². The molecule has 1 saturated carbocycles. The van der Waals surface area contributed by atoms with Crippen LogP contribution in [0.15, 0.2) is 65.4 Å². The summed E-state index contributed by atoms with van der Waals surface area (Å²) < 4.78 is 6.05. The second-order valence-electron chi connectivity index (χ2n) is 10.0. The first-order valence-corrected chi connectivity index (χ1v) is 12.0. The minimum absolute atomic E-state index is 0.0133. The number of hydrogen-bond acceptors (Lipinski definition) is 8. The highest BCUT2D eigenvalue weighted by molar-refractivity contribution is 6.33. The van der Waals surface area contributed by atoms with Gasteiger partial charge in [-0.25, -0.2) is 0 Å². The summed E-state index contributed by atoms with van der Waals surface area (Å²) in [5.74, 6) is -5.41. The molecule has 5 N–H and O–H groups in total. The fraction of sp³-hybridized carbons (Fsp3) is 0.321. The SMILES string of the molecule is CN(C)[C@@H]1C(OCc2ccccc2)=C(C(N)=O)C(=O)C2(O)C(=O)C3=C(O)c4c(O)cccc4C[C@H]3C[C@@H]12. The Morgan fingerprint density at radius 2 is 1.78 bits per heavy atom. The molecular formula is C28H28N2O7. The molecule has 4 atom stereocenters. The number of hydrogen-bond donors (Lipinski definition) is 4. The van der Waals surface area contributed by atoms with Gasteiger partial charge in [0.25, 0.3) is 5.91 Å². The smallest absolute Gasteiger partial charge is 0.255 e. The molecule has 37 heavy (non-hydrogen) atoms. The van der Waals surface area contributed by atoms with E-state index in [4.69, 9.17) is 10.5 Å². The molecule has 9 nitrogen and oxygen atoms in total. The van der Waals surface area contributed by atoms with Crippen LogP contribution in [0.1, 0.15) is 23.1 Å². The maximum Gasteiger partial charge on any atom is 0.255 e. The number of ketones is 2. The van der Waals surface area contributed by atoms with Gasteiger partial charge in [-0.15, -0.1) is 0 Å². The Labute approximate surface area is 213 Å². The van der Waals surface area contributed by atoms with Crippen molar-refractivity contribution in [2.45, 2.75) is 31.1 Å². The van der Waals surface area contributed by atoms with Gasteiger partial charge in [0, 0.05) is 11.5 Å². The van der Waals surface area contributed by atoms with Gasteiger partial charge in [-0.05, 0) is 50.0 Å². The molecule has 1 amide bonds. The molecule has 0 aliphatic heterocycles. The highest BCUT2D eigenvalue weighted by atomic mass is 16.5. The molecule has 3 aliphatic carbocycles. The van der Waals surface area contributed by atoms with Gasteiger partial charge in [0.1, 0.15) is 29.4 Å². The van der Waals surface area contributed by atoms with Crippen molar-refractivity contribution in [2.24, 2.45) is 17.6 Å². The number of Topliss-reactive ketones (excluding diaryl/α,β-unsaturated/α-hetero) is 2. The number of carbonyl (C=O) groups excluding carboxylic acids is 3. The molecule has 3 aliphatic rings. The quantitative estimate of drug-likeness (QED) is 0.354. The third kappa shape index (κ3) is 3.65. The first-order chi connectivity index (χ1) is 17.6. The normalized spacial score (nSPS) is 27.1. The van der Waals surface area contributed by atoms with E-state index in [0.717, 1.165) is 5.56 Å². The number of fused-ring (bicyclic) bond motifs is 3. The lowest BCUT2D eigenvalue weighted by atomic mass is 9.57. The lowest BCUT2D eigenvalue weighted by molar-refractivity contribution is -0.162. The molecule has 1 fully saturated rings. The number of phenols is 1. The predicted molar refractivity (Wildman–Crippen MR) is 133 cm³/mol. The molecule has 5 rings (SSSR count). The van der Waals surface area contributed by atoms with Crippen molar-refractivity contribution in [3.8, 4) is 5.75 Å². The summed E-state index contributed by atoms with van der Waals surface area (Å²) in [6.07, 6.45) is 0.470. The molecule has 0 saturated heterocycles. The van der Waals surface area contributed by atoms with Crippen LogP contribution in [0.3, 0.4) is 0 Å². The molecule has 2 aromatic carbocycles. The van der Waals surface area contributed by atoms with Crippen LogP contribution < -0.4 is 5.73 Å². The zero-order valence-electron chi connectivity index (χ0n) is 20.5. The van der Waals surface area contributed by atoms with Gasteiger partial charge >= 0.3 is 0 Å². The predicted octanol–water partition coefficient (Wildman–Crippen LogP) is 1.62. The van der Waals surface area contributed by atoms with Crippen LogP contribution in [0.2, 0.25) is 0 Å². The lowest BCUT2D eigenvalue weighted by Crippen LogP contribution is -2.67. The number of aliphatic hydroxyl groups excluding tert-OH is 1. The van der Waals surface area contributed by atoms with E-state index in [9.17, 15) is 29.7 Å². The van der Waals surface area contributed by atoms with Crippen LogP contribution in [0, 0.1) is 11.8 Å². The summed E-state index contributed by atoms with van der Waals surface area (Å²) in [5.41, 5.74) is 3.83. The van der Waals surface area contributed by atoms with Crippen molar-refractivity contribution in [2.75, 3.05) is 14.1 Å². The maximum absolute atomic E-state index is 13.9. The number of nitrogens with two attached hydrogens (primary N) is 1. The maximum atomic E-state index is 13.9. The zero-order chi connectivity index (χ0) is 26.6. The minimum Gasteiger partial charge on any atom is -0.507 e. The monoisotopic (exact) mass is 504 g/mol. The second-order valence-corrected chi connectivity index (χ2v) is 10.0. The fourth-order valence-electron chi connectivity index (χ4n) is 6.05. The number of benzene rings is 2. The Balaban J connectivity index is 1.65. The van der Waals surface area contributed by atoms with Crippen LogP contribution in [0.4, 0.5) is 0 Å². The average Bonchev–Trinajstić information content (AvgIpc) is 2.85. The molecule has 0 aromatic heterocycles. The van der Waals surface area contributed by atoms with E-state index in [0.29, 0.717) is 12.0 Å². The summed E-state index contributed by atoms with van der Waals surface area (Å²) >= 11 is 0. The number of ether oxygens (including phenoxy) is 1. The lowest BCUT2D eigenvalue weighted by Gasteiger charge is -2.50. The molecule has 0 bridgehead atoms. The molecule has 0 radical (unpaired) electrons. The standard InChI is InChI=1S/C28H28N2O7/c1-30(2)22-17-12-16-11-15-9-6-10-18(31)19(15)23(32)20(16)25(33)28(17,36)26(34)21(27(29)35)24(22)37-13-14-7-4-3-5-8-14/h3-10,16-17,22,31-32,36H,11-13H2,1-2H3,(H2,29,35)/t16-,17-,22-,28?/m0/s1. The third-order valence-corrected chi connectivity index (χ3v) is 7.67. The van der Waals surface area contributed by atoms with Crippen molar-refractivity contribution in [3.05, 3.63) is 82.1 Å². The minimum atomic E-state index is -2.64. The summed E-state index contributed by atoms with van der Waals surface area (Å²) in [6, 6.07) is 13.1. The third-order valence-electron chi connectivity index (χ3n) is 7.67. The Bertz CT molecular complexity index is 1380. The largest absolute Gasteiger partial charge is 0.507 e. The van der Waals surface area contributed by atoms with Gasteiger partial charge in [-0.1, -0.05) is 42.5 Å². The number of nitrogens with zero attached hydrogens (tertiary/aromatic N) is 1. The van der Waals surface area contributed by atoms with Gasteiger partial charge in [0.2, 0.25) is 11.6 Å². The zero-order valence-corrected chi connectivity index (χ0v) is 20.5. The van der Waals surface area contributed by atoms with Crippen molar-refractivity contribution in [1.82, 2.24) is 4.90 Å². The van der Waals surface area contributed by atoms with E-state index in [-0.39, 0.29) is 35.7 Å². The number of aromatic hydroxyl groups is 1. The summed E-state index contributed by atoms with van der Waals surface area (Å²) in [7, 11) is 3.40. The van der Waals surface area contributed by atoms with Gasteiger partial charge in [-0.3, -0.25) is 19.3 Å². The highest BCUT2D eigenvalue weighted by Gasteiger charge is 2.65. The van der Waals surface area contributed by atoms with Gasteiger partial charge in [-0.2, -0.15) is 0 Å². The highest BCUT2D eigenvalue weighted by Crippen LogP contribution is 2.52. The Morgan fingerprint density at radius 3 is 2.43 bits per heavy atom. The molecule has 2 aromatic rings. The molecule has 192 valence electrons.